The lowest BCUT2D eigenvalue weighted by molar-refractivity contribution is -0.161. The van der Waals surface area contributed by atoms with Crippen molar-refractivity contribution in [3.63, 3.8) is 0 Å². The molecular formula is C38H74O5. The largest absolute Gasteiger partial charge is 0.462 e. The highest BCUT2D eigenvalue weighted by molar-refractivity contribution is 5.70. The van der Waals surface area contributed by atoms with Crippen LogP contribution < -0.4 is 0 Å². The van der Waals surface area contributed by atoms with Gasteiger partial charge in [0.15, 0.2) is 6.10 Å². The molecule has 0 aromatic carbocycles. The van der Waals surface area contributed by atoms with E-state index in [0.717, 1.165) is 32.1 Å². The number of esters is 2. The van der Waals surface area contributed by atoms with E-state index in [2.05, 4.69) is 13.8 Å². The molecule has 0 saturated heterocycles. The minimum Gasteiger partial charge on any atom is -0.462 e. The van der Waals surface area contributed by atoms with Crippen molar-refractivity contribution in [2.24, 2.45) is 0 Å². The molecule has 5 heteroatoms. The zero-order valence-electron chi connectivity index (χ0n) is 29.0. The quantitative estimate of drug-likeness (QED) is 0.0571. The van der Waals surface area contributed by atoms with E-state index in [9.17, 15) is 14.7 Å². The van der Waals surface area contributed by atoms with Crippen molar-refractivity contribution in [2.45, 2.75) is 219 Å². The molecule has 1 atom stereocenters. The van der Waals surface area contributed by atoms with Crippen molar-refractivity contribution in [3.05, 3.63) is 0 Å². The van der Waals surface area contributed by atoms with Crippen molar-refractivity contribution < 1.29 is 24.2 Å². The number of aliphatic hydroxyl groups excluding tert-OH is 1. The zero-order chi connectivity index (χ0) is 31.5. The molecular weight excluding hydrogens is 536 g/mol. The number of hydrogen-bond donors (Lipinski definition) is 1. The average Bonchev–Trinajstić information content (AvgIpc) is 3.01. The van der Waals surface area contributed by atoms with E-state index in [1.165, 1.54) is 154 Å². The van der Waals surface area contributed by atoms with Crippen LogP contribution in [-0.2, 0) is 19.1 Å². The van der Waals surface area contributed by atoms with Crippen LogP contribution in [0.1, 0.15) is 213 Å². The Morgan fingerprint density at radius 1 is 0.442 bits per heavy atom. The predicted octanol–water partition coefficient (Wildman–Crippen LogP) is 11.6. The topological polar surface area (TPSA) is 72.8 Å². The Balaban J connectivity index is 3.42. The van der Waals surface area contributed by atoms with E-state index >= 15 is 0 Å². The average molecular weight is 611 g/mol. The molecule has 256 valence electrons. The lowest BCUT2D eigenvalue weighted by Gasteiger charge is -2.15. The molecule has 0 saturated carbocycles. The number of aliphatic hydroxyl groups is 1. The fourth-order valence-corrected chi connectivity index (χ4v) is 5.73. The van der Waals surface area contributed by atoms with Gasteiger partial charge in [0.25, 0.3) is 0 Å². The van der Waals surface area contributed by atoms with Crippen molar-refractivity contribution >= 4 is 11.9 Å². The molecule has 0 unspecified atom stereocenters. The van der Waals surface area contributed by atoms with Crippen LogP contribution in [0.4, 0.5) is 0 Å². The van der Waals surface area contributed by atoms with Crippen LogP contribution in [0, 0.1) is 0 Å². The highest BCUT2D eigenvalue weighted by Gasteiger charge is 2.16. The van der Waals surface area contributed by atoms with Crippen LogP contribution in [0.5, 0.6) is 0 Å². The minimum absolute atomic E-state index is 0.0578. The maximum absolute atomic E-state index is 12.0. The van der Waals surface area contributed by atoms with Crippen molar-refractivity contribution in [1.82, 2.24) is 0 Å². The van der Waals surface area contributed by atoms with Gasteiger partial charge in [0, 0.05) is 12.8 Å². The lowest BCUT2D eigenvalue weighted by Crippen LogP contribution is -2.28. The summed E-state index contributed by atoms with van der Waals surface area (Å²) in [4.78, 5) is 24.1. The first-order valence-corrected chi connectivity index (χ1v) is 19.1. The fourth-order valence-electron chi connectivity index (χ4n) is 5.73. The lowest BCUT2D eigenvalue weighted by atomic mass is 10.0. The van der Waals surface area contributed by atoms with Crippen LogP contribution in [0.2, 0.25) is 0 Å². The van der Waals surface area contributed by atoms with E-state index in [1.54, 1.807) is 0 Å². The number of hydrogen-bond acceptors (Lipinski definition) is 5. The molecule has 0 aromatic rings. The van der Waals surface area contributed by atoms with Gasteiger partial charge in [-0.3, -0.25) is 9.59 Å². The maximum atomic E-state index is 12.0. The Bertz CT molecular complexity index is 579. The summed E-state index contributed by atoms with van der Waals surface area (Å²) in [6, 6.07) is 0. The summed E-state index contributed by atoms with van der Waals surface area (Å²) in [6.07, 6.45) is 37.5. The van der Waals surface area contributed by atoms with Crippen LogP contribution in [0.15, 0.2) is 0 Å². The number of ether oxygens (including phenoxy) is 2. The number of carbonyl (C=O) groups is 2. The third-order valence-electron chi connectivity index (χ3n) is 8.65. The standard InChI is InChI=1S/C38H74O5/c1-3-5-7-9-11-13-14-15-16-17-18-19-20-21-22-23-24-25-27-28-30-32-37(40)42-35-36(34-39)43-38(41)33-31-29-26-12-10-8-6-4-2/h36,39H,3-35H2,1-2H3/t36-/m0/s1. The van der Waals surface area contributed by atoms with Gasteiger partial charge in [-0.1, -0.05) is 187 Å². The monoisotopic (exact) mass is 611 g/mol. The summed E-state index contributed by atoms with van der Waals surface area (Å²) in [5, 5.41) is 9.49. The van der Waals surface area contributed by atoms with Gasteiger partial charge in [0.1, 0.15) is 6.61 Å². The summed E-state index contributed by atoms with van der Waals surface area (Å²) >= 11 is 0. The van der Waals surface area contributed by atoms with E-state index in [1.807, 2.05) is 0 Å². The van der Waals surface area contributed by atoms with E-state index in [0.29, 0.717) is 12.8 Å². The van der Waals surface area contributed by atoms with E-state index in [4.69, 9.17) is 9.47 Å². The highest BCUT2D eigenvalue weighted by Crippen LogP contribution is 2.16. The smallest absolute Gasteiger partial charge is 0.306 e. The second kappa shape index (κ2) is 35.4. The second-order valence-electron chi connectivity index (χ2n) is 13.0. The van der Waals surface area contributed by atoms with Crippen LogP contribution >= 0.6 is 0 Å². The molecule has 0 bridgehead atoms. The maximum Gasteiger partial charge on any atom is 0.306 e. The summed E-state index contributed by atoms with van der Waals surface area (Å²) in [5.41, 5.74) is 0. The molecule has 1 N–H and O–H groups in total. The SMILES string of the molecule is CCCCCCCCCCCCCCCCCCCCCCCC(=O)OC[C@H](CO)OC(=O)CCCCCCCCCC. The molecule has 0 rings (SSSR count). The summed E-state index contributed by atoms with van der Waals surface area (Å²) in [7, 11) is 0. The van der Waals surface area contributed by atoms with Gasteiger partial charge in [-0.25, -0.2) is 0 Å². The van der Waals surface area contributed by atoms with Gasteiger partial charge >= 0.3 is 11.9 Å². The van der Waals surface area contributed by atoms with Gasteiger partial charge in [0.2, 0.25) is 0 Å². The molecule has 0 aliphatic rings. The Hall–Kier alpha value is -1.10. The van der Waals surface area contributed by atoms with Gasteiger partial charge < -0.3 is 14.6 Å². The molecule has 0 amide bonds. The van der Waals surface area contributed by atoms with Crippen LogP contribution in [-0.4, -0.2) is 36.4 Å². The number of carbonyl (C=O) groups excluding carboxylic acids is 2. The first kappa shape index (κ1) is 41.9. The highest BCUT2D eigenvalue weighted by atomic mass is 16.6. The number of unbranched alkanes of at least 4 members (excludes halogenated alkanes) is 27. The van der Waals surface area contributed by atoms with Gasteiger partial charge in [-0.05, 0) is 12.8 Å². The molecule has 0 fully saturated rings. The Morgan fingerprint density at radius 2 is 0.721 bits per heavy atom. The van der Waals surface area contributed by atoms with Crippen molar-refractivity contribution in [2.75, 3.05) is 13.2 Å². The summed E-state index contributed by atoms with van der Waals surface area (Å²) in [6.45, 7) is 4.12. The van der Waals surface area contributed by atoms with Crippen molar-refractivity contribution in [1.29, 1.82) is 0 Å². The molecule has 5 nitrogen and oxygen atoms in total. The summed E-state index contributed by atoms with van der Waals surface area (Å²) in [5.74, 6) is -0.583. The van der Waals surface area contributed by atoms with E-state index < -0.39 is 6.10 Å². The van der Waals surface area contributed by atoms with Gasteiger partial charge in [-0.2, -0.15) is 0 Å². The van der Waals surface area contributed by atoms with Crippen LogP contribution in [0.3, 0.4) is 0 Å². The molecule has 0 aliphatic carbocycles. The normalized spacial score (nSPS) is 12.0. The Kier molecular flexibility index (Phi) is 34.5. The first-order chi connectivity index (χ1) is 21.1. The fraction of sp³-hybridized carbons (Fsp3) is 0.947. The molecule has 0 heterocycles. The zero-order valence-corrected chi connectivity index (χ0v) is 29.0. The summed E-state index contributed by atoms with van der Waals surface area (Å²) < 4.78 is 10.5. The van der Waals surface area contributed by atoms with Gasteiger partial charge in [-0.15, -0.1) is 0 Å². The third-order valence-corrected chi connectivity index (χ3v) is 8.65. The third kappa shape index (κ3) is 33.6. The second-order valence-corrected chi connectivity index (χ2v) is 13.0. The first-order valence-electron chi connectivity index (χ1n) is 19.1. The van der Waals surface area contributed by atoms with Gasteiger partial charge in [0.05, 0.1) is 6.61 Å². The number of rotatable bonds is 35. The van der Waals surface area contributed by atoms with E-state index in [-0.39, 0.29) is 25.2 Å². The minimum atomic E-state index is -0.759. The van der Waals surface area contributed by atoms with Crippen LogP contribution in [0.25, 0.3) is 0 Å². The molecule has 0 aromatic heterocycles. The van der Waals surface area contributed by atoms with Crippen molar-refractivity contribution in [3.8, 4) is 0 Å². The molecule has 43 heavy (non-hydrogen) atoms. The Morgan fingerprint density at radius 3 is 1.02 bits per heavy atom. The Labute approximate surface area is 268 Å². The molecule has 0 spiro atoms. The molecule has 0 aliphatic heterocycles. The molecule has 0 radical (unpaired) electrons. The predicted molar refractivity (Wildman–Crippen MR) is 182 cm³/mol.